The van der Waals surface area contributed by atoms with E-state index in [2.05, 4.69) is 16.4 Å². The van der Waals surface area contributed by atoms with Crippen LogP contribution in [0.4, 0.5) is 0 Å². The average Bonchev–Trinajstić information content (AvgIpc) is 3.58. The lowest BCUT2D eigenvalue weighted by Gasteiger charge is -2.45. The van der Waals surface area contributed by atoms with Crippen LogP contribution in [0.2, 0.25) is 0 Å². The number of nitrogens with one attached hydrogen (secondary N) is 2. The molecule has 250 valence electrons. The van der Waals surface area contributed by atoms with Crippen LogP contribution in [0.25, 0.3) is 0 Å². The van der Waals surface area contributed by atoms with Gasteiger partial charge in [0.05, 0.1) is 32.0 Å². The minimum atomic E-state index is -0.620. The highest BCUT2D eigenvalue weighted by atomic mass is 16.5. The molecule has 9 heteroatoms. The van der Waals surface area contributed by atoms with Crippen molar-refractivity contribution in [2.24, 2.45) is 11.8 Å². The van der Waals surface area contributed by atoms with Crippen molar-refractivity contribution in [3.63, 3.8) is 0 Å². The van der Waals surface area contributed by atoms with Crippen LogP contribution in [-0.4, -0.2) is 63.4 Å². The van der Waals surface area contributed by atoms with Gasteiger partial charge in [0.2, 0.25) is 5.75 Å². The van der Waals surface area contributed by atoms with Crippen LogP contribution in [-0.2, 0) is 17.8 Å². The van der Waals surface area contributed by atoms with Crippen LogP contribution < -0.4 is 10.1 Å². The van der Waals surface area contributed by atoms with Crippen LogP contribution in [0, 0.1) is 11.8 Å². The molecule has 3 aromatic rings. The number of aromatic hydroxyl groups is 3. The van der Waals surface area contributed by atoms with Gasteiger partial charge in [-0.25, -0.2) is 0 Å². The Morgan fingerprint density at radius 3 is 2.57 bits per heavy atom. The number of benzene rings is 2. The number of phenols is 3. The van der Waals surface area contributed by atoms with Crippen molar-refractivity contribution in [3.8, 4) is 23.0 Å². The van der Waals surface area contributed by atoms with Crippen LogP contribution in [0.1, 0.15) is 109 Å². The first-order chi connectivity index (χ1) is 22.3. The van der Waals surface area contributed by atoms with Crippen molar-refractivity contribution in [1.29, 1.82) is 0 Å². The number of methoxy groups -OCH3 is 1. The van der Waals surface area contributed by atoms with Crippen molar-refractivity contribution in [2.75, 3.05) is 20.7 Å². The first-order valence-corrected chi connectivity index (χ1v) is 17.0. The summed E-state index contributed by atoms with van der Waals surface area (Å²) in [5.41, 5.74) is 4.58. The second kappa shape index (κ2) is 14.3. The van der Waals surface area contributed by atoms with E-state index in [0.29, 0.717) is 41.6 Å². The summed E-state index contributed by atoms with van der Waals surface area (Å²) in [5, 5.41) is 57.9. The molecule has 7 atom stereocenters. The fourth-order valence-electron chi connectivity index (χ4n) is 8.68. The summed E-state index contributed by atoms with van der Waals surface area (Å²) in [6.07, 6.45) is 11.2. The van der Waals surface area contributed by atoms with Gasteiger partial charge >= 0.3 is 0 Å². The van der Waals surface area contributed by atoms with Gasteiger partial charge in [-0.15, -0.1) is 0 Å². The molecule has 2 aliphatic carbocycles. The lowest BCUT2D eigenvalue weighted by molar-refractivity contribution is -0.154. The maximum Gasteiger partial charge on any atom is 0.201 e. The maximum absolute atomic E-state index is 11.5. The standard InChI is InChI=1S/C37H50N2O7/c1-38-12-10-21-4-3-5-25(14-21)27-16-23(7-9-30(27)41)24-6-8-26-31(42)18-33(46-32(26)17-24)34-28(15-22-11-13-39-19-22)37(45-2)36(44)35(43)29(34)20-40/h7,9,11,13,16,19,21,24-26,31-33,38-44H,3-6,8,10,12,14-15,17-18,20H2,1-2H3. The van der Waals surface area contributed by atoms with E-state index in [1.54, 1.807) is 0 Å². The normalized spacial score (nSPS) is 28.1. The summed E-state index contributed by atoms with van der Waals surface area (Å²) < 4.78 is 12.4. The smallest absolute Gasteiger partial charge is 0.201 e. The molecule has 3 fully saturated rings. The Hall–Kier alpha value is -3.24. The van der Waals surface area contributed by atoms with Gasteiger partial charge in [-0.05, 0) is 104 Å². The highest BCUT2D eigenvalue weighted by Crippen LogP contribution is 2.52. The number of aromatic amines is 1. The number of aromatic nitrogens is 1. The largest absolute Gasteiger partial charge is 0.508 e. The number of hydrogen-bond donors (Lipinski definition) is 7. The van der Waals surface area contributed by atoms with Gasteiger partial charge in [0, 0.05) is 42.3 Å². The first-order valence-electron chi connectivity index (χ1n) is 17.0. The van der Waals surface area contributed by atoms with Crippen molar-refractivity contribution in [3.05, 3.63) is 70.0 Å². The Balaban J connectivity index is 1.27. The zero-order valence-electron chi connectivity index (χ0n) is 27.0. The lowest BCUT2D eigenvalue weighted by atomic mass is 9.71. The third kappa shape index (κ3) is 6.47. The number of H-pyrrole nitrogens is 1. The molecule has 46 heavy (non-hydrogen) atoms. The number of ether oxygens (including phenoxy) is 2. The molecule has 7 unspecified atom stereocenters. The molecular weight excluding hydrogens is 584 g/mol. The molecule has 0 bridgehead atoms. The molecule has 9 nitrogen and oxygen atoms in total. The molecule has 1 aliphatic heterocycles. The summed E-state index contributed by atoms with van der Waals surface area (Å²) >= 11 is 0. The van der Waals surface area contributed by atoms with E-state index in [-0.39, 0.29) is 29.3 Å². The minimum absolute atomic E-state index is 0.0197. The number of rotatable bonds is 10. The van der Waals surface area contributed by atoms with Gasteiger partial charge in [0.15, 0.2) is 11.5 Å². The van der Waals surface area contributed by atoms with Crippen LogP contribution in [0.15, 0.2) is 36.7 Å². The van der Waals surface area contributed by atoms with Crippen molar-refractivity contribution >= 4 is 0 Å². The number of hydrogen-bond acceptors (Lipinski definition) is 8. The van der Waals surface area contributed by atoms with E-state index in [4.69, 9.17) is 9.47 Å². The second-order valence-corrected chi connectivity index (χ2v) is 13.7. The number of aliphatic hydroxyl groups excluding tert-OH is 2. The fraction of sp³-hybridized carbons (Fsp3) is 0.568. The Labute approximate surface area is 271 Å². The molecule has 1 aromatic heterocycles. The third-order valence-electron chi connectivity index (χ3n) is 11.1. The average molecular weight is 635 g/mol. The Morgan fingerprint density at radius 1 is 0.978 bits per heavy atom. The summed E-state index contributed by atoms with van der Waals surface area (Å²) in [6.45, 7) is 0.517. The summed E-state index contributed by atoms with van der Waals surface area (Å²) in [6, 6.07) is 8.05. The van der Waals surface area contributed by atoms with Gasteiger partial charge in [-0.3, -0.25) is 0 Å². The highest BCUT2D eigenvalue weighted by Gasteiger charge is 2.44. The molecule has 6 rings (SSSR count). The topological polar surface area (TPSA) is 147 Å². The van der Waals surface area contributed by atoms with E-state index in [1.807, 2.05) is 37.6 Å². The molecule has 1 saturated heterocycles. The Bertz CT molecular complexity index is 1480. The fourth-order valence-corrected chi connectivity index (χ4v) is 8.68. The van der Waals surface area contributed by atoms with Gasteiger partial charge in [-0.2, -0.15) is 0 Å². The molecule has 7 N–H and O–H groups in total. The Morgan fingerprint density at radius 2 is 1.83 bits per heavy atom. The molecule has 2 aromatic carbocycles. The quantitative estimate of drug-likeness (QED) is 0.137. The van der Waals surface area contributed by atoms with Crippen LogP contribution >= 0.6 is 0 Å². The summed E-state index contributed by atoms with van der Waals surface area (Å²) in [5.74, 6) is 0.903. The number of fused-ring (bicyclic) bond motifs is 1. The van der Waals surface area contributed by atoms with Crippen molar-refractivity contribution < 1.29 is 35.0 Å². The van der Waals surface area contributed by atoms with Crippen molar-refractivity contribution in [2.45, 2.75) is 101 Å². The number of aliphatic hydroxyl groups is 2. The molecule has 0 spiro atoms. The molecule has 0 amide bonds. The van der Waals surface area contributed by atoms with Gasteiger partial charge in [0.1, 0.15) is 5.75 Å². The predicted octanol–water partition coefficient (Wildman–Crippen LogP) is 5.88. The van der Waals surface area contributed by atoms with Crippen LogP contribution in [0.3, 0.4) is 0 Å². The minimum Gasteiger partial charge on any atom is -0.508 e. The highest BCUT2D eigenvalue weighted by molar-refractivity contribution is 5.64. The van der Waals surface area contributed by atoms with E-state index in [1.165, 1.54) is 25.5 Å². The molecule has 2 saturated carbocycles. The van der Waals surface area contributed by atoms with Gasteiger partial charge in [0.25, 0.3) is 0 Å². The van der Waals surface area contributed by atoms with E-state index < -0.39 is 30.3 Å². The van der Waals surface area contributed by atoms with E-state index in [9.17, 15) is 25.5 Å². The molecule has 2 heterocycles. The molecule has 3 aliphatic rings. The van der Waals surface area contributed by atoms with E-state index >= 15 is 0 Å². The maximum atomic E-state index is 11.5. The van der Waals surface area contributed by atoms with Crippen LogP contribution in [0.5, 0.6) is 23.0 Å². The summed E-state index contributed by atoms with van der Waals surface area (Å²) in [7, 11) is 3.44. The van der Waals surface area contributed by atoms with Crippen molar-refractivity contribution in [1.82, 2.24) is 10.3 Å². The Kier molecular flexibility index (Phi) is 10.1. The van der Waals surface area contributed by atoms with Gasteiger partial charge in [-0.1, -0.05) is 25.0 Å². The first kappa shape index (κ1) is 32.7. The summed E-state index contributed by atoms with van der Waals surface area (Å²) in [4.78, 5) is 3.05. The van der Waals surface area contributed by atoms with E-state index in [0.717, 1.165) is 56.2 Å². The lowest BCUT2D eigenvalue weighted by Crippen LogP contribution is -2.44. The second-order valence-electron chi connectivity index (χ2n) is 13.7. The zero-order chi connectivity index (χ0) is 32.4. The zero-order valence-corrected chi connectivity index (χ0v) is 27.0. The van der Waals surface area contributed by atoms with Gasteiger partial charge < -0.3 is 45.3 Å². The monoisotopic (exact) mass is 634 g/mol. The predicted molar refractivity (Wildman–Crippen MR) is 176 cm³/mol. The third-order valence-corrected chi connectivity index (χ3v) is 11.1. The number of phenolic OH excluding ortho intramolecular Hbond substituents is 2. The SMILES string of the molecule is CNCCC1CCCC(c2cc(C3CCC4C(O)CC(c5c(CO)c(O)c(O)c(OC)c5Cc5cc[nH]c5)OC4C3)ccc2O)C1. The molecular formula is C37H50N2O7. The molecule has 0 radical (unpaired) electrons.